The third-order valence-corrected chi connectivity index (χ3v) is 6.36. The molecule has 1 atom stereocenters. The standard InChI is InChI=1S/C17H21BN3S/c1-11-14-10-22(18)9-13(14)6-7-15(11)19-17-8-16(20-21-17)12-4-2-3-5-12/h6-8,12H,2-5,9-10H2,1H3,(H2,19,20,21). The SMILES string of the molecule is [B]=S1Cc2ccc(Nc3cc(C4CCCC4)[nH]n3)c(C)c2C1. The van der Waals surface area contributed by atoms with E-state index >= 15 is 0 Å². The molecule has 0 spiro atoms. The van der Waals surface area contributed by atoms with E-state index in [0.29, 0.717) is 5.92 Å². The molecule has 22 heavy (non-hydrogen) atoms. The van der Waals surface area contributed by atoms with Crippen molar-refractivity contribution in [3.63, 3.8) is 0 Å². The predicted octanol–water partition coefficient (Wildman–Crippen LogP) is 4.49. The van der Waals surface area contributed by atoms with Crippen LogP contribution in [0.5, 0.6) is 0 Å². The molecule has 0 saturated heterocycles. The normalized spacial score (nSPS) is 21.2. The first-order valence-corrected chi connectivity index (χ1v) is 9.69. The molecular weight excluding hydrogens is 289 g/mol. The number of H-pyrrole nitrogens is 1. The van der Waals surface area contributed by atoms with Crippen LogP contribution in [0, 0.1) is 6.92 Å². The number of anilines is 2. The molecule has 4 rings (SSSR count). The summed E-state index contributed by atoms with van der Waals surface area (Å²) in [5.74, 6) is 3.65. The molecule has 0 bridgehead atoms. The molecule has 2 N–H and O–H groups in total. The Morgan fingerprint density at radius 1 is 1.27 bits per heavy atom. The van der Waals surface area contributed by atoms with Crippen molar-refractivity contribution in [1.82, 2.24) is 10.2 Å². The quantitative estimate of drug-likeness (QED) is 0.820. The number of nitrogens with one attached hydrogen (secondary N) is 2. The first kappa shape index (κ1) is 14.3. The summed E-state index contributed by atoms with van der Waals surface area (Å²) >= 11 is 0. The molecule has 1 aromatic carbocycles. The fraction of sp³-hybridized carbons (Fsp3) is 0.471. The molecule has 1 aromatic heterocycles. The summed E-state index contributed by atoms with van der Waals surface area (Å²) in [5, 5.41) is 11.1. The van der Waals surface area contributed by atoms with Crippen LogP contribution in [0.3, 0.4) is 0 Å². The molecule has 2 aromatic rings. The van der Waals surface area contributed by atoms with Gasteiger partial charge in [0.2, 0.25) is 0 Å². The van der Waals surface area contributed by atoms with Crippen molar-refractivity contribution in [3.05, 3.63) is 40.6 Å². The number of hydrogen-bond acceptors (Lipinski definition) is 2. The van der Waals surface area contributed by atoms with Gasteiger partial charge in [0.25, 0.3) is 0 Å². The van der Waals surface area contributed by atoms with Crippen LogP contribution in [0.25, 0.3) is 0 Å². The summed E-state index contributed by atoms with van der Waals surface area (Å²) in [6, 6.07) is 6.56. The summed E-state index contributed by atoms with van der Waals surface area (Å²) in [6.45, 7) is 8.31. The summed E-state index contributed by atoms with van der Waals surface area (Å²) in [5.41, 5.74) is 6.61. The Bertz CT molecular complexity index is 732. The van der Waals surface area contributed by atoms with Gasteiger partial charge < -0.3 is 0 Å². The van der Waals surface area contributed by atoms with Crippen LogP contribution < -0.4 is 5.32 Å². The molecule has 2 aliphatic rings. The van der Waals surface area contributed by atoms with Crippen LogP contribution in [0.1, 0.15) is 54.0 Å². The summed E-state index contributed by atoms with van der Waals surface area (Å²) in [6.07, 6.45) is 5.27. The van der Waals surface area contributed by atoms with E-state index in [1.165, 1.54) is 48.1 Å². The molecule has 113 valence electrons. The van der Waals surface area contributed by atoms with E-state index < -0.39 is 0 Å². The van der Waals surface area contributed by atoms with Crippen LogP contribution in [-0.2, 0) is 11.5 Å². The number of hydrogen-bond donors (Lipinski definition) is 2. The van der Waals surface area contributed by atoms with Gasteiger partial charge in [-0.25, -0.2) is 0 Å². The number of benzene rings is 1. The van der Waals surface area contributed by atoms with Crippen LogP contribution in [-0.4, -0.2) is 16.9 Å². The molecule has 1 radical (unpaired) electrons. The van der Waals surface area contributed by atoms with E-state index in [9.17, 15) is 0 Å². The van der Waals surface area contributed by atoms with Crippen molar-refractivity contribution < 1.29 is 0 Å². The van der Waals surface area contributed by atoms with Crippen LogP contribution in [0.2, 0.25) is 0 Å². The molecule has 2 heterocycles. The van der Waals surface area contributed by atoms with Gasteiger partial charge in [-0.2, -0.15) is 0 Å². The number of aromatic nitrogens is 2. The Kier molecular flexibility index (Phi) is 3.69. The Morgan fingerprint density at radius 3 is 2.91 bits per heavy atom. The second kappa shape index (κ2) is 5.69. The Labute approximate surface area is 135 Å². The average molecular weight is 310 g/mol. The third-order valence-electron chi connectivity index (χ3n) is 5.02. The van der Waals surface area contributed by atoms with Crippen LogP contribution >= 0.6 is 10.3 Å². The van der Waals surface area contributed by atoms with Gasteiger partial charge >= 0.3 is 135 Å². The van der Waals surface area contributed by atoms with Gasteiger partial charge in [0, 0.05) is 0 Å². The van der Waals surface area contributed by atoms with Gasteiger partial charge in [-0.05, 0) is 0 Å². The zero-order valence-corrected chi connectivity index (χ0v) is 13.8. The van der Waals surface area contributed by atoms with E-state index in [2.05, 4.69) is 40.6 Å². The Hall–Kier alpha value is -1.36. The van der Waals surface area contributed by atoms with Gasteiger partial charge in [0.1, 0.15) is 0 Å². The Balaban J connectivity index is 1.57. The summed E-state index contributed by atoms with van der Waals surface area (Å²) in [7, 11) is 0.0184. The minimum absolute atomic E-state index is 0.0184. The van der Waals surface area contributed by atoms with Gasteiger partial charge in [-0.3, -0.25) is 0 Å². The van der Waals surface area contributed by atoms with Crippen molar-refractivity contribution in [1.29, 1.82) is 0 Å². The number of fused-ring (bicyclic) bond motifs is 1. The van der Waals surface area contributed by atoms with E-state index in [-0.39, 0.29) is 10.3 Å². The number of nitrogens with zero attached hydrogens (tertiary/aromatic N) is 1. The first-order valence-electron chi connectivity index (χ1n) is 8.06. The van der Waals surface area contributed by atoms with Crippen molar-refractivity contribution in [2.75, 3.05) is 5.32 Å². The second-order valence-corrected chi connectivity index (χ2v) is 8.17. The molecule has 3 nitrogen and oxygen atoms in total. The molecule has 0 amide bonds. The van der Waals surface area contributed by atoms with Crippen molar-refractivity contribution >= 4 is 28.5 Å². The zero-order chi connectivity index (χ0) is 15.1. The maximum absolute atomic E-state index is 6.12. The molecule has 1 unspecified atom stereocenters. The van der Waals surface area contributed by atoms with Crippen molar-refractivity contribution in [2.24, 2.45) is 0 Å². The molecule has 1 saturated carbocycles. The van der Waals surface area contributed by atoms with Gasteiger partial charge in [0.05, 0.1) is 0 Å². The van der Waals surface area contributed by atoms with E-state index in [4.69, 9.17) is 6.72 Å². The topological polar surface area (TPSA) is 40.7 Å². The van der Waals surface area contributed by atoms with Crippen LogP contribution in [0.4, 0.5) is 11.5 Å². The fourth-order valence-electron chi connectivity index (χ4n) is 3.71. The van der Waals surface area contributed by atoms with Gasteiger partial charge in [-0.15, -0.1) is 0 Å². The fourth-order valence-corrected chi connectivity index (χ4v) is 5.25. The van der Waals surface area contributed by atoms with Crippen LogP contribution in [0.15, 0.2) is 18.2 Å². The zero-order valence-electron chi connectivity index (χ0n) is 13.0. The van der Waals surface area contributed by atoms with Gasteiger partial charge in [0.15, 0.2) is 0 Å². The maximum atomic E-state index is 6.12. The minimum atomic E-state index is 0.0184. The molecule has 1 aliphatic carbocycles. The van der Waals surface area contributed by atoms with E-state index in [0.717, 1.165) is 23.0 Å². The molecule has 5 heteroatoms. The van der Waals surface area contributed by atoms with E-state index in [1.54, 1.807) is 0 Å². The monoisotopic (exact) mass is 310 g/mol. The second-order valence-electron chi connectivity index (χ2n) is 6.52. The third kappa shape index (κ3) is 2.56. The summed E-state index contributed by atoms with van der Waals surface area (Å²) in [4.78, 5) is 0. The first-order chi connectivity index (χ1) is 10.7. The van der Waals surface area contributed by atoms with E-state index in [1.807, 2.05) is 0 Å². The Morgan fingerprint density at radius 2 is 2.09 bits per heavy atom. The van der Waals surface area contributed by atoms with Gasteiger partial charge in [-0.1, -0.05) is 0 Å². The summed E-state index contributed by atoms with van der Waals surface area (Å²) < 4.78 is 0. The molecule has 1 fully saturated rings. The van der Waals surface area contributed by atoms with Crippen molar-refractivity contribution in [2.45, 2.75) is 50.0 Å². The predicted molar refractivity (Wildman–Crippen MR) is 95.0 cm³/mol. The molecule has 1 aliphatic heterocycles. The number of aromatic amines is 1. The molecular formula is C17H21BN3S. The van der Waals surface area contributed by atoms with Crippen molar-refractivity contribution in [3.8, 4) is 0 Å². The number of rotatable bonds is 3. The average Bonchev–Trinajstić information content (AvgIpc) is 3.21.